The summed E-state index contributed by atoms with van der Waals surface area (Å²) in [5.41, 5.74) is 1.25. The fraction of sp³-hybridized carbons (Fsp3) is 0.562. The number of carbonyl (C=O) groups is 1. The lowest BCUT2D eigenvalue weighted by Gasteiger charge is -2.24. The molecular formula is C16H23NO4. The van der Waals surface area contributed by atoms with Gasteiger partial charge in [-0.1, -0.05) is 18.2 Å². The first-order valence-electron chi connectivity index (χ1n) is 7.24. The Morgan fingerprint density at radius 1 is 1.33 bits per heavy atom. The van der Waals surface area contributed by atoms with Gasteiger partial charge >= 0.3 is 5.97 Å². The molecule has 1 unspecified atom stereocenters. The molecule has 5 nitrogen and oxygen atoms in total. The van der Waals surface area contributed by atoms with E-state index in [0.29, 0.717) is 32.1 Å². The van der Waals surface area contributed by atoms with Crippen LogP contribution in [0.4, 0.5) is 0 Å². The highest BCUT2D eigenvalue weighted by molar-refractivity contribution is 5.69. The summed E-state index contributed by atoms with van der Waals surface area (Å²) in [6.45, 7) is 3.68. The Bertz CT molecular complexity index is 463. The van der Waals surface area contributed by atoms with Gasteiger partial charge in [0.05, 0.1) is 26.7 Å². The zero-order valence-corrected chi connectivity index (χ0v) is 12.7. The summed E-state index contributed by atoms with van der Waals surface area (Å²) in [5.74, 6) is 1.14. The maximum Gasteiger partial charge on any atom is 0.306 e. The molecule has 1 aromatic rings. The summed E-state index contributed by atoms with van der Waals surface area (Å²) in [5, 5.41) is 0. The molecule has 0 saturated carbocycles. The van der Waals surface area contributed by atoms with Gasteiger partial charge in [0, 0.05) is 38.2 Å². The number of fused-ring (bicyclic) bond motifs is 1. The van der Waals surface area contributed by atoms with E-state index in [4.69, 9.17) is 14.2 Å². The van der Waals surface area contributed by atoms with Crippen LogP contribution in [-0.4, -0.2) is 57.9 Å². The molecule has 0 radical (unpaired) electrons. The number of ether oxygens (including phenoxy) is 3. The molecule has 1 heterocycles. The molecule has 1 aliphatic heterocycles. The van der Waals surface area contributed by atoms with Gasteiger partial charge in [0.15, 0.2) is 0 Å². The van der Waals surface area contributed by atoms with Gasteiger partial charge in [-0.25, -0.2) is 0 Å². The van der Waals surface area contributed by atoms with E-state index in [1.165, 1.54) is 12.7 Å². The van der Waals surface area contributed by atoms with Crippen LogP contribution in [0.1, 0.15) is 17.9 Å². The van der Waals surface area contributed by atoms with E-state index >= 15 is 0 Å². The summed E-state index contributed by atoms with van der Waals surface area (Å²) in [4.78, 5) is 13.6. The molecule has 0 saturated heterocycles. The Hall–Kier alpha value is -1.59. The monoisotopic (exact) mass is 293 g/mol. The molecule has 0 amide bonds. The maximum absolute atomic E-state index is 11.3. The molecule has 1 aromatic carbocycles. The van der Waals surface area contributed by atoms with Crippen LogP contribution in [0.15, 0.2) is 24.3 Å². The minimum absolute atomic E-state index is 0.180. The normalized spacial score (nSPS) is 16.6. The fourth-order valence-electron chi connectivity index (χ4n) is 2.56. The van der Waals surface area contributed by atoms with Crippen molar-refractivity contribution in [2.24, 2.45) is 0 Å². The van der Waals surface area contributed by atoms with Crippen molar-refractivity contribution in [1.82, 2.24) is 4.90 Å². The average Bonchev–Trinajstić information content (AvgIpc) is 2.92. The van der Waals surface area contributed by atoms with Crippen LogP contribution in [0.2, 0.25) is 0 Å². The molecular weight excluding hydrogens is 270 g/mol. The summed E-state index contributed by atoms with van der Waals surface area (Å²) in [6.07, 6.45) is 0.398. The van der Waals surface area contributed by atoms with Crippen LogP contribution in [0, 0.1) is 0 Å². The van der Waals surface area contributed by atoms with Crippen molar-refractivity contribution in [2.75, 3.05) is 47.1 Å². The third-order valence-electron chi connectivity index (χ3n) is 3.75. The van der Waals surface area contributed by atoms with Crippen molar-refractivity contribution in [3.63, 3.8) is 0 Å². The number of hydrogen-bond acceptors (Lipinski definition) is 5. The maximum atomic E-state index is 11.3. The topological polar surface area (TPSA) is 48.0 Å². The van der Waals surface area contributed by atoms with Crippen LogP contribution >= 0.6 is 0 Å². The summed E-state index contributed by atoms with van der Waals surface area (Å²) >= 11 is 0. The number of esters is 1. The van der Waals surface area contributed by atoms with Crippen molar-refractivity contribution in [3.8, 4) is 5.75 Å². The van der Waals surface area contributed by atoms with E-state index in [0.717, 1.165) is 18.8 Å². The minimum atomic E-state index is -0.180. The molecule has 0 bridgehead atoms. The molecule has 2 rings (SSSR count). The number of rotatable bonds is 8. The largest absolute Gasteiger partial charge is 0.493 e. The van der Waals surface area contributed by atoms with Crippen LogP contribution in [-0.2, 0) is 14.3 Å². The Balaban J connectivity index is 1.93. The second-order valence-corrected chi connectivity index (χ2v) is 5.17. The van der Waals surface area contributed by atoms with Crippen LogP contribution < -0.4 is 4.74 Å². The number of benzene rings is 1. The highest BCUT2D eigenvalue weighted by Crippen LogP contribution is 2.33. The zero-order chi connectivity index (χ0) is 15.1. The van der Waals surface area contributed by atoms with E-state index in [2.05, 4.69) is 11.0 Å². The molecule has 0 spiro atoms. The molecule has 1 atom stereocenters. The molecule has 0 aromatic heterocycles. The van der Waals surface area contributed by atoms with Gasteiger partial charge in [0.2, 0.25) is 0 Å². The second-order valence-electron chi connectivity index (χ2n) is 5.17. The molecule has 1 aliphatic rings. The van der Waals surface area contributed by atoms with Crippen molar-refractivity contribution in [2.45, 2.75) is 12.3 Å². The second kappa shape index (κ2) is 8.00. The highest BCUT2D eigenvalue weighted by atomic mass is 16.5. The van der Waals surface area contributed by atoms with E-state index in [-0.39, 0.29) is 5.97 Å². The third-order valence-corrected chi connectivity index (χ3v) is 3.75. The average molecular weight is 293 g/mol. The van der Waals surface area contributed by atoms with Crippen LogP contribution in [0.25, 0.3) is 0 Å². The van der Waals surface area contributed by atoms with Gasteiger partial charge in [-0.15, -0.1) is 0 Å². The van der Waals surface area contributed by atoms with Crippen LogP contribution in [0.3, 0.4) is 0 Å². The van der Waals surface area contributed by atoms with Crippen molar-refractivity contribution in [1.29, 1.82) is 0 Å². The predicted molar refractivity (Wildman–Crippen MR) is 79.6 cm³/mol. The Morgan fingerprint density at radius 3 is 2.90 bits per heavy atom. The highest BCUT2D eigenvalue weighted by Gasteiger charge is 2.25. The van der Waals surface area contributed by atoms with Gasteiger partial charge in [-0.2, -0.15) is 0 Å². The quantitative estimate of drug-likeness (QED) is 0.682. The van der Waals surface area contributed by atoms with Gasteiger partial charge in [-0.05, 0) is 6.07 Å². The van der Waals surface area contributed by atoms with Crippen LogP contribution in [0.5, 0.6) is 5.75 Å². The van der Waals surface area contributed by atoms with Gasteiger partial charge in [0.25, 0.3) is 0 Å². The van der Waals surface area contributed by atoms with E-state index < -0.39 is 0 Å². The van der Waals surface area contributed by atoms with E-state index in [1.54, 1.807) is 7.11 Å². The summed E-state index contributed by atoms with van der Waals surface area (Å²) in [7, 11) is 3.11. The summed E-state index contributed by atoms with van der Waals surface area (Å²) < 4.78 is 15.6. The fourth-order valence-corrected chi connectivity index (χ4v) is 2.56. The summed E-state index contributed by atoms with van der Waals surface area (Å²) in [6, 6.07) is 8.14. The number of methoxy groups -OCH3 is 2. The molecule has 21 heavy (non-hydrogen) atoms. The first kappa shape index (κ1) is 15.8. The first-order chi connectivity index (χ1) is 10.2. The lowest BCUT2D eigenvalue weighted by molar-refractivity contribution is -0.141. The van der Waals surface area contributed by atoms with Gasteiger partial charge in [0.1, 0.15) is 5.75 Å². The standard InChI is InChI=1S/C16H23NO4/c1-19-10-9-17(8-7-16(18)20-2)11-13-12-21-15-6-4-3-5-14(13)15/h3-6,13H,7-12H2,1-2H3. The molecule has 116 valence electrons. The Labute approximate surface area is 125 Å². The first-order valence-corrected chi connectivity index (χ1v) is 7.24. The molecule has 5 heteroatoms. The number of hydrogen-bond donors (Lipinski definition) is 0. The number of para-hydroxylation sites is 1. The Morgan fingerprint density at radius 2 is 2.14 bits per heavy atom. The number of nitrogens with zero attached hydrogens (tertiary/aromatic N) is 1. The van der Waals surface area contributed by atoms with E-state index in [9.17, 15) is 4.79 Å². The lowest BCUT2D eigenvalue weighted by Crippen LogP contribution is -2.34. The Kier molecular flexibility index (Phi) is 6.02. The van der Waals surface area contributed by atoms with Crippen molar-refractivity contribution in [3.05, 3.63) is 29.8 Å². The van der Waals surface area contributed by atoms with Gasteiger partial charge in [-0.3, -0.25) is 9.69 Å². The smallest absolute Gasteiger partial charge is 0.306 e. The number of carbonyl (C=O) groups excluding carboxylic acids is 1. The molecule has 0 N–H and O–H groups in total. The zero-order valence-electron chi connectivity index (χ0n) is 12.7. The van der Waals surface area contributed by atoms with Crippen molar-refractivity contribution >= 4 is 5.97 Å². The third kappa shape index (κ3) is 4.44. The SMILES string of the molecule is COCCN(CCC(=O)OC)CC1COc2ccccc21. The van der Waals surface area contributed by atoms with Crippen molar-refractivity contribution < 1.29 is 19.0 Å². The minimum Gasteiger partial charge on any atom is -0.493 e. The predicted octanol–water partition coefficient (Wildman–Crippen LogP) is 1.67. The van der Waals surface area contributed by atoms with E-state index in [1.807, 2.05) is 18.2 Å². The van der Waals surface area contributed by atoms with Gasteiger partial charge < -0.3 is 14.2 Å². The lowest BCUT2D eigenvalue weighted by atomic mass is 10.0. The molecule has 0 aliphatic carbocycles. The molecule has 0 fully saturated rings.